The van der Waals surface area contributed by atoms with Crippen molar-refractivity contribution in [1.82, 2.24) is 19.7 Å². The number of carboxylic acids is 1. The first-order chi connectivity index (χ1) is 9.79. The lowest BCUT2D eigenvalue weighted by Gasteiger charge is -2.11. The fourth-order valence-electron chi connectivity index (χ4n) is 1.72. The summed E-state index contributed by atoms with van der Waals surface area (Å²) < 4.78 is 28.1. The summed E-state index contributed by atoms with van der Waals surface area (Å²) in [5.41, 5.74) is 0.156. The van der Waals surface area contributed by atoms with Crippen LogP contribution in [-0.4, -0.2) is 40.5 Å². The molecule has 0 spiro atoms. The molecule has 1 aromatic heterocycles. The lowest BCUT2D eigenvalue weighted by Crippen LogP contribution is -2.30. The number of carbonyl (C=O) groups is 1. The SMILES string of the molecule is CC(C)NS(=O)(=O)c1cc(C(=O)O)cc(-n2ccnn2)c1. The zero-order valence-electron chi connectivity index (χ0n) is 11.4. The van der Waals surface area contributed by atoms with Crippen LogP contribution in [0.2, 0.25) is 0 Å². The van der Waals surface area contributed by atoms with Crippen molar-refractivity contribution in [2.45, 2.75) is 24.8 Å². The summed E-state index contributed by atoms with van der Waals surface area (Å²) in [4.78, 5) is 11.0. The van der Waals surface area contributed by atoms with Crippen LogP contribution < -0.4 is 4.72 Å². The van der Waals surface area contributed by atoms with Gasteiger partial charge in [0.1, 0.15) is 0 Å². The minimum Gasteiger partial charge on any atom is -0.478 e. The van der Waals surface area contributed by atoms with E-state index in [9.17, 15) is 13.2 Å². The summed E-state index contributed by atoms with van der Waals surface area (Å²) >= 11 is 0. The highest BCUT2D eigenvalue weighted by Crippen LogP contribution is 2.18. The van der Waals surface area contributed by atoms with Crippen LogP contribution >= 0.6 is 0 Å². The number of rotatable bonds is 5. The summed E-state index contributed by atoms with van der Waals surface area (Å²) in [7, 11) is -3.80. The zero-order valence-corrected chi connectivity index (χ0v) is 12.2. The third-order valence-corrected chi connectivity index (χ3v) is 4.16. The first kappa shape index (κ1) is 15.1. The van der Waals surface area contributed by atoms with E-state index in [-0.39, 0.29) is 16.5 Å². The van der Waals surface area contributed by atoms with Crippen molar-refractivity contribution in [2.24, 2.45) is 0 Å². The van der Waals surface area contributed by atoms with Gasteiger partial charge < -0.3 is 5.11 Å². The summed E-state index contributed by atoms with van der Waals surface area (Å²) in [6.07, 6.45) is 2.90. The van der Waals surface area contributed by atoms with Crippen LogP contribution in [0.5, 0.6) is 0 Å². The molecule has 0 radical (unpaired) electrons. The highest BCUT2D eigenvalue weighted by atomic mass is 32.2. The topological polar surface area (TPSA) is 114 Å². The molecular weight excluding hydrogens is 296 g/mol. The summed E-state index contributed by atoms with van der Waals surface area (Å²) in [5.74, 6) is -1.22. The van der Waals surface area contributed by atoms with E-state index in [0.29, 0.717) is 5.69 Å². The van der Waals surface area contributed by atoms with E-state index >= 15 is 0 Å². The second kappa shape index (κ2) is 5.62. The van der Waals surface area contributed by atoms with Gasteiger partial charge in [-0.1, -0.05) is 5.21 Å². The molecule has 2 N–H and O–H groups in total. The predicted octanol–water partition coefficient (Wildman–Crippen LogP) is 0.652. The van der Waals surface area contributed by atoms with E-state index in [1.807, 2.05) is 0 Å². The zero-order chi connectivity index (χ0) is 15.6. The average molecular weight is 310 g/mol. The van der Waals surface area contributed by atoms with Gasteiger partial charge in [-0.3, -0.25) is 0 Å². The van der Waals surface area contributed by atoms with Crippen LogP contribution in [0.25, 0.3) is 5.69 Å². The van der Waals surface area contributed by atoms with Gasteiger partial charge in [-0.2, -0.15) is 0 Å². The molecule has 1 aromatic carbocycles. The number of aromatic nitrogens is 3. The second-order valence-corrected chi connectivity index (χ2v) is 6.36. The molecule has 2 rings (SSSR count). The van der Waals surface area contributed by atoms with Gasteiger partial charge in [-0.15, -0.1) is 5.10 Å². The average Bonchev–Trinajstić information content (AvgIpc) is 2.90. The molecule has 0 aliphatic carbocycles. The quantitative estimate of drug-likeness (QED) is 0.838. The van der Waals surface area contributed by atoms with Crippen molar-refractivity contribution in [3.8, 4) is 5.69 Å². The Kier molecular flexibility index (Phi) is 4.05. The number of benzene rings is 1. The van der Waals surface area contributed by atoms with Crippen molar-refractivity contribution >= 4 is 16.0 Å². The van der Waals surface area contributed by atoms with E-state index in [1.165, 1.54) is 29.2 Å². The molecule has 0 amide bonds. The maximum atomic E-state index is 12.2. The van der Waals surface area contributed by atoms with Gasteiger partial charge in [0.15, 0.2) is 0 Å². The molecule has 0 saturated carbocycles. The highest BCUT2D eigenvalue weighted by Gasteiger charge is 2.19. The molecule has 21 heavy (non-hydrogen) atoms. The third kappa shape index (κ3) is 3.44. The Morgan fingerprint density at radius 3 is 2.57 bits per heavy atom. The standard InChI is InChI=1S/C12H14N4O4S/c1-8(2)14-21(19,20)11-6-9(12(17)18)5-10(7-11)16-4-3-13-15-16/h3-8,14H,1-2H3,(H,17,18). The van der Waals surface area contributed by atoms with Crippen LogP contribution in [0.1, 0.15) is 24.2 Å². The minimum atomic E-state index is -3.80. The fourth-order valence-corrected chi connectivity index (χ4v) is 3.03. The van der Waals surface area contributed by atoms with Crippen molar-refractivity contribution < 1.29 is 18.3 Å². The molecule has 8 nitrogen and oxygen atoms in total. The van der Waals surface area contributed by atoms with Crippen LogP contribution in [0.4, 0.5) is 0 Å². The molecule has 0 atom stereocenters. The Balaban J connectivity index is 2.59. The monoisotopic (exact) mass is 310 g/mol. The molecule has 1 heterocycles. The fraction of sp³-hybridized carbons (Fsp3) is 0.250. The Hall–Kier alpha value is -2.26. The van der Waals surface area contributed by atoms with Gasteiger partial charge >= 0.3 is 5.97 Å². The van der Waals surface area contributed by atoms with E-state index in [1.54, 1.807) is 13.8 Å². The Morgan fingerprint density at radius 2 is 2.05 bits per heavy atom. The predicted molar refractivity (Wildman–Crippen MR) is 73.8 cm³/mol. The van der Waals surface area contributed by atoms with Gasteiger partial charge in [-0.25, -0.2) is 22.6 Å². The molecule has 0 fully saturated rings. The van der Waals surface area contributed by atoms with Gasteiger partial charge in [-0.05, 0) is 32.0 Å². The third-order valence-electron chi connectivity index (χ3n) is 2.53. The van der Waals surface area contributed by atoms with Crippen LogP contribution in [-0.2, 0) is 10.0 Å². The molecule has 9 heteroatoms. The first-order valence-electron chi connectivity index (χ1n) is 6.07. The van der Waals surface area contributed by atoms with E-state index < -0.39 is 16.0 Å². The largest absolute Gasteiger partial charge is 0.478 e. The van der Waals surface area contributed by atoms with E-state index in [2.05, 4.69) is 15.0 Å². The molecule has 0 saturated heterocycles. The number of hydrogen-bond acceptors (Lipinski definition) is 5. The van der Waals surface area contributed by atoms with Crippen molar-refractivity contribution in [2.75, 3.05) is 0 Å². The minimum absolute atomic E-state index is 0.137. The normalized spacial score (nSPS) is 11.8. The highest BCUT2D eigenvalue weighted by molar-refractivity contribution is 7.89. The molecule has 0 aliphatic rings. The number of sulfonamides is 1. The molecule has 0 unspecified atom stereocenters. The molecule has 0 aliphatic heterocycles. The maximum Gasteiger partial charge on any atom is 0.335 e. The summed E-state index contributed by atoms with van der Waals surface area (Å²) in [6, 6.07) is 3.46. The Morgan fingerprint density at radius 1 is 1.33 bits per heavy atom. The van der Waals surface area contributed by atoms with Gasteiger partial charge in [0.2, 0.25) is 10.0 Å². The van der Waals surface area contributed by atoms with Gasteiger partial charge in [0, 0.05) is 6.04 Å². The van der Waals surface area contributed by atoms with Crippen molar-refractivity contribution in [3.63, 3.8) is 0 Å². The van der Waals surface area contributed by atoms with Crippen LogP contribution in [0.15, 0.2) is 35.5 Å². The maximum absolute atomic E-state index is 12.2. The van der Waals surface area contributed by atoms with Gasteiger partial charge in [0.05, 0.1) is 28.5 Å². The lowest BCUT2D eigenvalue weighted by atomic mass is 10.2. The van der Waals surface area contributed by atoms with Crippen molar-refractivity contribution in [1.29, 1.82) is 0 Å². The number of aromatic carboxylic acids is 1. The smallest absolute Gasteiger partial charge is 0.335 e. The van der Waals surface area contributed by atoms with E-state index in [4.69, 9.17) is 5.11 Å². The number of hydrogen-bond donors (Lipinski definition) is 2. The van der Waals surface area contributed by atoms with E-state index in [0.717, 1.165) is 6.07 Å². The first-order valence-corrected chi connectivity index (χ1v) is 7.55. The van der Waals surface area contributed by atoms with Crippen LogP contribution in [0.3, 0.4) is 0 Å². The molecule has 0 bridgehead atoms. The Labute approximate surface area is 121 Å². The molecular formula is C12H14N4O4S. The molecule has 2 aromatic rings. The second-order valence-electron chi connectivity index (χ2n) is 4.64. The number of nitrogens with zero attached hydrogens (tertiary/aromatic N) is 3. The summed E-state index contributed by atoms with van der Waals surface area (Å²) in [6.45, 7) is 3.36. The lowest BCUT2D eigenvalue weighted by molar-refractivity contribution is 0.0696. The van der Waals surface area contributed by atoms with Gasteiger partial charge in [0.25, 0.3) is 0 Å². The number of carboxylic acid groups (broad SMARTS) is 1. The number of nitrogens with one attached hydrogen (secondary N) is 1. The van der Waals surface area contributed by atoms with Crippen LogP contribution in [0, 0.1) is 0 Å². The van der Waals surface area contributed by atoms with Crippen molar-refractivity contribution in [3.05, 3.63) is 36.2 Å². The molecule has 112 valence electrons. The Bertz CT molecular complexity index is 754. The summed E-state index contributed by atoms with van der Waals surface area (Å²) in [5, 5.41) is 16.5.